The van der Waals surface area contributed by atoms with Gasteiger partial charge in [-0.15, -0.1) is 0 Å². The van der Waals surface area contributed by atoms with E-state index in [4.69, 9.17) is 0 Å². The summed E-state index contributed by atoms with van der Waals surface area (Å²) in [5.74, 6) is 0. The van der Waals surface area contributed by atoms with Gasteiger partial charge in [0.15, 0.2) is 0 Å². The fraction of sp³-hybridized carbons (Fsp3) is 0.333. The molecular weight excluding hydrogens is 174 g/mol. The van der Waals surface area contributed by atoms with Crippen molar-refractivity contribution in [3.8, 4) is 0 Å². The van der Waals surface area contributed by atoms with Crippen LogP contribution in [0.5, 0.6) is 0 Å². The van der Waals surface area contributed by atoms with Crippen LogP contribution in [-0.2, 0) is 0 Å². The summed E-state index contributed by atoms with van der Waals surface area (Å²) in [6.45, 7) is 1.15. The molecule has 0 unspecified atom stereocenters. The number of nitrogens with zero attached hydrogens (tertiary/aromatic N) is 1. The molecule has 0 saturated carbocycles. The third kappa shape index (κ3) is 1.56. The van der Waals surface area contributed by atoms with Gasteiger partial charge >= 0.3 is 62.2 Å². The van der Waals surface area contributed by atoms with E-state index < -0.39 is 13.8 Å². The van der Waals surface area contributed by atoms with Gasteiger partial charge in [-0.2, -0.15) is 0 Å². The molecule has 0 radical (unpaired) electrons. The zero-order chi connectivity index (χ0) is 8.56. The van der Waals surface area contributed by atoms with Gasteiger partial charge in [0, 0.05) is 0 Å². The van der Waals surface area contributed by atoms with E-state index in [1.807, 2.05) is 0 Å². The Morgan fingerprint density at radius 3 is 2.00 bits per heavy atom. The number of hydrogen-bond donors (Lipinski definition) is 0. The van der Waals surface area contributed by atoms with Crippen LogP contribution in [0.15, 0.2) is 24.5 Å². The average Bonchev–Trinajstić information content (AvgIpc) is 2.38. The topological polar surface area (TPSA) is 4.93 Å². The van der Waals surface area contributed by atoms with Crippen molar-refractivity contribution in [3.05, 3.63) is 24.5 Å². The maximum absolute atomic E-state index is 12.8. The summed E-state index contributed by atoms with van der Waals surface area (Å²) >= 11 is 0. The predicted octanol–water partition coefficient (Wildman–Crippen LogP) is 3.48. The van der Waals surface area contributed by atoms with Crippen molar-refractivity contribution in [2.75, 3.05) is 6.16 Å². The van der Waals surface area contributed by atoms with Crippen LogP contribution in [0.3, 0.4) is 0 Å². The molecule has 1 aromatic heterocycles. The van der Waals surface area contributed by atoms with Crippen LogP contribution < -0.4 is 0 Å². The first-order chi connectivity index (χ1) is 4.94. The Morgan fingerprint density at radius 2 is 1.64 bits per heavy atom. The summed E-state index contributed by atoms with van der Waals surface area (Å²) in [6.07, 6.45) is 1.38. The first-order valence-electron chi connectivity index (χ1n) is 3.25. The SMILES string of the molecule is CCP(F)(F)(F)n1cccc1. The average molecular weight is 183 g/mol. The van der Waals surface area contributed by atoms with E-state index in [1.165, 1.54) is 12.1 Å². The second-order valence-corrected chi connectivity index (χ2v) is 5.23. The van der Waals surface area contributed by atoms with Crippen LogP contribution in [0.1, 0.15) is 6.92 Å². The van der Waals surface area contributed by atoms with Crippen LogP contribution in [0.2, 0.25) is 0 Å². The Bertz CT molecular complexity index is 236. The summed E-state index contributed by atoms with van der Waals surface area (Å²) in [7, 11) is -6.05. The van der Waals surface area contributed by atoms with Crippen LogP contribution in [0.25, 0.3) is 0 Å². The van der Waals surface area contributed by atoms with E-state index in [2.05, 4.69) is 0 Å². The van der Waals surface area contributed by atoms with Crippen molar-refractivity contribution >= 4 is 7.69 Å². The van der Waals surface area contributed by atoms with Crippen LogP contribution in [0.4, 0.5) is 12.6 Å². The molecule has 1 heterocycles. The van der Waals surface area contributed by atoms with Gasteiger partial charge in [0.1, 0.15) is 0 Å². The van der Waals surface area contributed by atoms with E-state index in [9.17, 15) is 12.6 Å². The van der Waals surface area contributed by atoms with Gasteiger partial charge in [-0.25, -0.2) is 0 Å². The monoisotopic (exact) mass is 183 g/mol. The van der Waals surface area contributed by atoms with Crippen molar-refractivity contribution in [2.24, 2.45) is 0 Å². The Morgan fingerprint density at radius 1 is 1.18 bits per heavy atom. The van der Waals surface area contributed by atoms with E-state index in [0.29, 0.717) is 4.34 Å². The van der Waals surface area contributed by atoms with Crippen LogP contribution in [0, 0.1) is 0 Å². The van der Waals surface area contributed by atoms with Crippen molar-refractivity contribution in [1.29, 1.82) is 0 Å². The fourth-order valence-electron chi connectivity index (χ4n) is 0.734. The number of rotatable bonds is 2. The standard InChI is InChI=1S/C6H9F3NP/c1-2-11(7,8,9)10-5-3-4-6-10/h3-6H,2H2,1H3. The molecule has 1 nitrogen and oxygen atoms in total. The molecule has 0 fully saturated rings. The van der Waals surface area contributed by atoms with Gasteiger partial charge in [0.25, 0.3) is 0 Å². The second-order valence-electron chi connectivity index (χ2n) is 2.30. The Kier molecular flexibility index (Phi) is 1.75. The first kappa shape index (κ1) is 8.60. The summed E-state index contributed by atoms with van der Waals surface area (Å²) < 4.78 is 38.9. The molecule has 0 amide bonds. The van der Waals surface area contributed by atoms with E-state index >= 15 is 0 Å². The van der Waals surface area contributed by atoms with E-state index in [0.717, 1.165) is 19.3 Å². The molecule has 1 aromatic rings. The molecule has 0 saturated heterocycles. The van der Waals surface area contributed by atoms with E-state index in [-0.39, 0.29) is 0 Å². The van der Waals surface area contributed by atoms with Crippen molar-refractivity contribution in [3.63, 3.8) is 0 Å². The summed E-state index contributed by atoms with van der Waals surface area (Å²) in [6, 6.07) is 2.77. The van der Waals surface area contributed by atoms with Gasteiger partial charge in [0.2, 0.25) is 0 Å². The summed E-state index contributed by atoms with van der Waals surface area (Å²) in [5, 5.41) is 0. The fourth-order valence-corrected chi connectivity index (χ4v) is 1.71. The number of hydrogen-bond acceptors (Lipinski definition) is 0. The third-order valence-corrected chi connectivity index (χ3v) is 3.63. The number of halogens is 3. The van der Waals surface area contributed by atoms with Gasteiger partial charge in [0.05, 0.1) is 0 Å². The Labute approximate surface area is 63.2 Å². The quantitative estimate of drug-likeness (QED) is 0.618. The van der Waals surface area contributed by atoms with Gasteiger partial charge < -0.3 is 0 Å². The zero-order valence-corrected chi connectivity index (χ0v) is 6.94. The molecule has 1 rings (SSSR count). The van der Waals surface area contributed by atoms with Crippen molar-refractivity contribution in [2.45, 2.75) is 6.92 Å². The second kappa shape index (κ2) is 2.24. The molecule has 0 spiro atoms. The normalized spacial score (nSPS) is 15.8. The van der Waals surface area contributed by atoms with Crippen molar-refractivity contribution in [1.82, 2.24) is 4.34 Å². The Hall–Kier alpha value is -0.500. The first-order valence-corrected chi connectivity index (χ1v) is 5.29. The summed E-state index contributed by atoms with van der Waals surface area (Å²) in [5.41, 5.74) is 0. The molecular formula is C6H9F3NP. The molecule has 0 atom stereocenters. The molecule has 0 N–H and O–H groups in total. The Balaban J connectivity index is 3.08. The molecule has 0 aromatic carbocycles. The maximum atomic E-state index is 12.8. The van der Waals surface area contributed by atoms with Gasteiger partial charge in [-0.3, -0.25) is 0 Å². The summed E-state index contributed by atoms with van der Waals surface area (Å²) in [4.78, 5) is 0. The zero-order valence-electron chi connectivity index (χ0n) is 6.04. The molecule has 11 heavy (non-hydrogen) atoms. The molecule has 0 aliphatic carbocycles. The predicted molar refractivity (Wildman–Crippen MR) is 40.6 cm³/mol. The number of aromatic nitrogens is 1. The molecule has 64 valence electrons. The van der Waals surface area contributed by atoms with E-state index in [1.54, 1.807) is 0 Å². The van der Waals surface area contributed by atoms with Gasteiger partial charge in [-0.05, 0) is 0 Å². The molecule has 0 bridgehead atoms. The van der Waals surface area contributed by atoms with Gasteiger partial charge in [-0.1, -0.05) is 0 Å². The molecule has 0 aliphatic rings. The third-order valence-electron chi connectivity index (χ3n) is 1.51. The molecule has 0 aliphatic heterocycles. The molecule has 5 heteroatoms. The van der Waals surface area contributed by atoms with Crippen molar-refractivity contribution < 1.29 is 12.6 Å². The van der Waals surface area contributed by atoms with Crippen LogP contribution in [-0.4, -0.2) is 10.5 Å². The minimum atomic E-state index is -6.05. The van der Waals surface area contributed by atoms with Crippen LogP contribution >= 0.6 is 7.69 Å². The minimum absolute atomic E-state index is 0.394.